The molecule has 0 saturated heterocycles. The number of halogens is 1. The molecule has 0 aliphatic carbocycles. The zero-order chi connectivity index (χ0) is 16.9. The van der Waals surface area contributed by atoms with Gasteiger partial charge in [-0.1, -0.05) is 6.07 Å². The fraction of sp³-hybridized carbons (Fsp3) is 0.118. The minimum absolute atomic E-state index is 0.0962. The monoisotopic (exact) mass is 326 g/mol. The van der Waals surface area contributed by atoms with Crippen molar-refractivity contribution in [2.24, 2.45) is 0 Å². The number of carbonyl (C=O) groups is 1. The van der Waals surface area contributed by atoms with E-state index in [1.807, 2.05) is 0 Å². The smallest absolute Gasteiger partial charge is 0.269 e. The topological polar surface area (TPSA) is 79.9 Å². The second kappa shape index (κ2) is 6.91. The van der Waals surface area contributed by atoms with Crippen LogP contribution in [-0.4, -0.2) is 21.1 Å². The maximum Gasteiger partial charge on any atom is 0.269 e. The van der Waals surface area contributed by atoms with Crippen molar-refractivity contribution in [3.05, 3.63) is 72.1 Å². The molecule has 1 aromatic carbocycles. The Hall–Kier alpha value is -3.22. The maximum absolute atomic E-state index is 14.2. The Labute approximate surface area is 137 Å². The van der Waals surface area contributed by atoms with E-state index in [2.05, 4.69) is 20.5 Å². The molecule has 2 N–H and O–H groups in total. The summed E-state index contributed by atoms with van der Waals surface area (Å²) in [6.45, 7) is 1.77. The predicted octanol–water partition coefficient (Wildman–Crippen LogP) is 3.23. The van der Waals surface area contributed by atoms with Crippen LogP contribution in [0.1, 0.15) is 29.0 Å². The van der Waals surface area contributed by atoms with Gasteiger partial charge in [-0.3, -0.25) is 14.9 Å². The van der Waals surface area contributed by atoms with Gasteiger partial charge < -0.3 is 10.1 Å². The van der Waals surface area contributed by atoms with Crippen LogP contribution in [0.4, 0.5) is 4.39 Å². The van der Waals surface area contributed by atoms with Crippen LogP contribution in [-0.2, 0) is 0 Å². The largest absolute Gasteiger partial charge is 0.453 e. The van der Waals surface area contributed by atoms with E-state index in [0.29, 0.717) is 17.0 Å². The highest BCUT2D eigenvalue weighted by atomic mass is 19.1. The van der Waals surface area contributed by atoms with Crippen molar-refractivity contribution in [2.45, 2.75) is 13.0 Å². The molecule has 0 spiro atoms. The highest BCUT2D eigenvalue weighted by Gasteiger charge is 2.14. The number of nitrogens with one attached hydrogen (secondary N) is 2. The molecule has 1 amide bonds. The van der Waals surface area contributed by atoms with Crippen LogP contribution >= 0.6 is 0 Å². The molecule has 122 valence electrons. The third-order valence-corrected chi connectivity index (χ3v) is 3.41. The van der Waals surface area contributed by atoms with Crippen molar-refractivity contribution in [3.8, 4) is 11.5 Å². The Balaban J connectivity index is 1.70. The molecule has 24 heavy (non-hydrogen) atoms. The van der Waals surface area contributed by atoms with Gasteiger partial charge >= 0.3 is 0 Å². The van der Waals surface area contributed by atoms with Crippen LogP contribution in [0.2, 0.25) is 0 Å². The summed E-state index contributed by atoms with van der Waals surface area (Å²) >= 11 is 0. The van der Waals surface area contributed by atoms with Gasteiger partial charge in [-0.2, -0.15) is 5.10 Å². The van der Waals surface area contributed by atoms with E-state index < -0.39 is 5.82 Å². The normalized spacial score (nSPS) is 11.8. The fourth-order valence-corrected chi connectivity index (χ4v) is 2.14. The highest BCUT2D eigenvalue weighted by Crippen LogP contribution is 2.26. The third-order valence-electron chi connectivity index (χ3n) is 3.41. The number of hydrogen-bond donors (Lipinski definition) is 2. The Morgan fingerprint density at radius 3 is 2.83 bits per heavy atom. The molecule has 2 heterocycles. The predicted molar refractivity (Wildman–Crippen MR) is 85.2 cm³/mol. The van der Waals surface area contributed by atoms with Gasteiger partial charge in [0.15, 0.2) is 11.6 Å². The molecule has 0 aliphatic rings. The van der Waals surface area contributed by atoms with E-state index >= 15 is 0 Å². The lowest BCUT2D eigenvalue weighted by molar-refractivity contribution is 0.0934. The second-order valence-corrected chi connectivity index (χ2v) is 5.15. The Morgan fingerprint density at radius 1 is 1.29 bits per heavy atom. The lowest BCUT2D eigenvalue weighted by Crippen LogP contribution is -2.27. The number of aromatic amines is 1. The molecule has 2 aromatic heterocycles. The van der Waals surface area contributed by atoms with Gasteiger partial charge in [0, 0.05) is 12.4 Å². The number of benzene rings is 1. The number of amides is 1. The van der Waals surface area contributed by atoms with E-state index in [1.165, 1.54) is 24.5 Å². The molecule has 7 heteroatoms. The second-order valence-electron chi connectivity index (χ2n) is 5.15. The molecule has 3 aromatic rings. The summed E-state index contributed by atoms with van der Waals surface area (Å²) < 4.78 is 19.7. The maximum atomic E-state index is 14.2. The number of H-pyrrole nitrogens is 1. The number of rotatable bonds is 5. The minimum atomic E-state index is -0.515. The van der Waals surface area contributed by atoms with Crippen molar-refractivity contribution in [1.82, 2.24) is 20.5 Å². The summed E-state index contributed by atoms with van der Waals surface area (Å²) in [5.41, 5.74) is 0.970. The molecule has 0 unspecified atom stereocenters. The van der Waals surface area contributed by atoms with Gasteiger partial charge in [0.05, 0.1) is 12.2 Å². The first-order valence-electron chi connectivity index (χ1n) is 7.31. The zero-order valence-corrected chi connectivity index (χ0v) is 12.9. The van der Waals surface area contributed by atoms with E-state index in [0.717, 1.165) is 0 Å². The first kappa shape index (κ1) is 15.7. The van der Waals surface area contributed by atoms with E-state index in [-0.39, 0.29) is 17.7 Å². The molecule has 0 aliphatic heterocycles. The number of ether oxygens (including phenoxy) is 1. The molecule has 0 fully saturated rings. The van der Waals surface area contributed by atoms with Crippen molar-refractivity contribution < 1.29 is 13.9 Å². The summed E-state index contributed by atoms with van der Waals surface area (Å²) in [5.74, 6) is -0.279. The van der Waals surface area contributed by atoms with Gasteiger partial charge in [-0.15, -0.1) is 0 Å². The molecule has 0 radical (unpaired) electrons. The number of carbonyl (C=O) groups excluding carboxylic acids is 1. The van der Waals surface area contributed by atoms with Crippen LogP contribution < -0.4 is 10.1 Å². The molecular weight excluding hydrogens is 311 g/mol. The van der Waals surface area contributed by atoms with Gasteiger partial charge in [-0.05, 0) is 42.8 Å². The number of nitrogens with zero attached hydrogens (tertiary/aromatic N) is 2. The lowest BCUT2D eigenvalue weighted by Gasteiger charge is -2.15. The quantitative estimate of drug-likeness (QED) is 0.754. The molecular formula is C17H15FN4O2. The van der Waals surface area contributed by atoms with E-state index in [9.17, 15) is 9.18 Å². The first-order chi connectivity index (χ1) is 11.6. The molecule has 3 rings (SSSR count). The summed E-state index contributed by atoms with van der Waals surface area (Å²) in [6, 6.07) is 9.14. The van der Waals surface area contributed by atoms with Crippen LogP contribution in [0.3, 0.4) is 0 Å². The standard InChI is InChI=1S/C17H15FN4O2/c1-11(21-17(23)15-6-8-20-22-15)12-4-5-16(14(18)9-12)24-13-3-2-7-19-10-13/h2-11H,1H3,(H,20,22)(H,21,23)/t11-/m0/s1. The van der Waals surface area contributed by atoms with Crippen LogP contribution in [0.25, 0.3) is 0 Å². The van der Waals surface area contributed by atoms with Gasteiger partial charge in [0.2, 0.25) is 0 Å². The van der Waals surface area contributed by atoms with E-state index in [4.69, 9.17) is 4.74 Å². The van der Waals surface area contributed by atoms with Crippen molar-refractivity contribution >= 4 is 5.91 Å². The minimum Gasteiger partial charge on any atom is -0.453 e. The number of aromatic nitrogens is 3. The highest BCUT2D eigenvalue weighted by molar-refractivity contribution is 5.92. The summed E-state index contributed by atoms with van der Waals surface area (Å²) in [5, 5.41) is 9.07. The first-order valence-corrected chi connectivity index (χ1v) is 7.31. The fourth-order valence-electron chi connectivity index (χ4n) is 2.14. The van der Waals surface area contributed by atoms with Crippen LogP contribution in [0, 0.1) is 5.82 Å². The number of pyridine rings is 1. The van der Waals surface area contributed by atoms with Crippen molar-refractivity contribution in [3.63, 3.8) is 0 Å². The SMILES string of the molecule is C[C@H](NC(=O)c1ccn[nH]1)c1ccc(Oc2cccnc2)c(F)c1. The van der Waals surface area contributed by atoms with Gasteiger partial charge in [-0.25, -0.2) is 4.39 Å². The molecule has 6 nitrogen and oxygen atoms in total. The van der Waals surface area contributed by atoms with Gasteiger partial charge in [0.25, 0.3) is 5.91 Å². The van der Waals surface area contributed by atoms with Crippen molar-refractivity contribution in [1.29, 1.82) is 0 Å². The summed E-state index contributed by atoms with van der Waals surface area (Å²) in [6.07, 6.45) is 4.60. The number of hydrogen-bond acceptors (Lipinski definition) is 4. The summed E-state index contributed by atoms with van der Waals surface area (Å²) in [7, 11) is 0. The van der Waals surface area contributed by atoms with Crippen molar-refractivity contribution in [2.75, 3.05) is 0 Å². The van der Waals surface area contributed by atoms with Crippen LogP contribution in [0.5, 0.6) is 11.5 Å². The van der Waals surface area contributed by atoms with Gasteiger partial charge in [0.1, 0.15) is 11.4 Å². The average molecular weight is 326 g/mol. The van der Waals surface area contributed by atoms with Crippen LogP contribution in [0.15, 0.2) is 55.0 Å². The zero-order valence-electron chi connectivity index (χ0n) is 12.9. The molecule has 0 bridgehead atoms. The Kier molecular flexibility index (Phi) is 4.51. The third kappa shape index (κ3) is 3.57. The Morgan fingerprint density at radius 2 is 2.17 bits per heavy atom. The molecule has 1 atom stereocenters. The Bertz CT molecular complexity index is 822. The lowest BCUT2D eigenvalue weighted by atomic mass is 10.1. The van der Waals surface area contributed by atoms with E-state index in [1.54, 1.807) is 37.4 Å². The molecule has 0 saturated carbocycles. The summed E-state index contributed by atoms with van der Waals surface area (Å²) in [4.78, 5) is 15.9. The average Bonchev–Trinajstić information content (AvgIpc) is 3.12.